The van der Waals surface area contributed by atoms with E-state index in [2.05, 4.69) is 46.0 Å². The molecule has 4 aliphatic carbocycles. The molecule has 0 spiro atoms. The largest absolute Gasteiger partial charge is 0.356 e. The van der Waals surface area contributed by atoms with Crippen LogP contribution in [0.5, 0.6) is 0 Å². The molecule has 8 unspecified atom stereocenters. The molecule has 170 valence electrons. The van der Waals surface area contributed by atoms with E-state index in [-0.39, 0.29) is 5.92 Å². The number of nitrogens with one attached hydrogen (secondary N) is 1. The van der Waals surface area contributed by atoms with E-state index in [0.29, 0.717) is 16.7 Å². The molecular weight excluding hydrogens is 366 g/mol. The summed E-state index contributed by atoms with van der Waals surface area (Å²) in [6.45, 7) is 13.2. The molecule has 1 N–H and O–H groups in total. The van der Waals surface area contributed by atoms with E-state index in [1.807, 2.05) is 0 Å². The lowest BCUT2D eigenvalue weighted by Gasteiger charge is -2.58. The quantitative estimate of drug-likeness (QED) is 0.364. The number of hydrogen-bond donors (Lipinski definition) is 1. The molecular formula is C28H47NO. The van der Waals surface area contributed by atoms with Crippen LogP contribution in [0, 0.1) is 46.3 Å². The van der Waals surface area contributed by atoms with Gasteiger partial charge in [0, 0.05) is 12.5 Å². The van der Waals surface area contributed by atoms with Crippen molar-refractivity contribution in [1.29, 1.82) is 0 Å². The average molecular weight is 414 g/mol. The molecule has 8 atom stereocenters. The monoisotopic (exact) mass is 413 g/mol. The van der Waals surface area contributed by atoms with Gasteiger partial charge in [-0.15, -0.1) is 0 Å². The standard InChI is InChI=1S/C28H47NO/c1-6-8-17-29-26(30)20-13-15-27(4)21(18-20)9-10-22-24-12-11-23(19(3)7-2)28(24,5)16-14-25(22)27/h9,19-20,22-25H,6-8,10-18H2,1-5H3,(H,29,30). The number of rotatable bonds is 6. The van der Waals surface area contributed by atoms with Crippen molar-refractivity contribution in [3.05, 3.63) is 11.6 Å². The molecule has 2 heteroatoms. The Morgan fingerprint density at radius 2 is 1.93 bits per heavy atom. The molecule has 0 aliphatic heterocycles. The van der Waals surface area contributed by atoms with E-state index in [9.17, 15) is 4.79 Å². The Labute approximate surface area is 186 Å². The number of carbonyl (C=O) groups excluding carboxylic acids is 1. The molecule has 0 saturated heterocycles. The second-order valence-corrected chi connectivity index (χ2v) is 12.0. The van der Waals surface area contributed by atoms with Gasteiger partial charge in [0.2, 0.25) is 5.91 Å². The van der Waals surface area contributed by atoms with E-state index < -0.39 is 0 Å². The van der Waals surface area contributed by atoms with Crippen molar-refractivity contribution >= 4 is 5.91 Å². The van der Waals surface area contributed by atoms with Crippen LogP contribution in [0.15, 0.2) is 11.6 Å². The molecule has 1 amide bonds. The van der Waals surface area contributed by atoms with E-state index in [0.717, 1.165) is 61.8 Å². The smallest absolute Gasteiger partial charge is 0.223 e. The summed E-state index contributed by atoms with van der Waals surface area (Å²) in [6, 6.07) is 0. The Morgan fingerprint density at radius 3 is 2.67 bits per heavy atom. The summed E-state index contributed by atoms with van der Waals surface area (Å²) in [5.74, 6) is 5.03. The zero-order chi connectivity index (χ0) is 21.5. The summed E-state index contributed by atoms with van der Waals surface area (Å²) in [5, 5.41) is 3.21. The number of unbranched alkanes of at least 4 members (excludes halogenated alkanes) is 1. The number of amides is 1. The maximum atomic E-state index is 12.7. The minimum absolute atomic E-state index is 0.216. The van der Waals surface area contributed by atoms with Crippen molar-refractivity contribution < 1.29 is 4.79 Å². The van der Waals surface area contributed by atoms with Gasteiger partial charge in [-0.3, -0.25) is 4.79 Å². The van der Waals surface area contributed by atoms with Gasteiger partial charge >= 0.3 is 0 Å². The highest BCUT2D eigenvalue weighted by atomic mass is 16.1. The van der Waals surface area contributed by atoms with Gasteiger partial charge in [-0.25, -0.2) is 0 Å². The Hall–Kier alpha value is -0.790. The lowest BCUT2D eigenvalue weighted by atomic mass is 9.46. The first kappa shape index (κ1) is 22.4. The second kappa shape index (κ2) is 8.62. The van der Waals surface area contributed by atoms with Gasteiger partial charge in [0.1, 0.15) is 0 Å². The first-order valence-corrected chi connectivity index (χ1v) is 13.3. The van der Waals surface area contributed by atoms with Crippen LogP contribution in [0.25, 0.3) is 0 Å². The third-order valence-electron chi connectivity index (χ3n) is 10.7. The Morgan fingerprint density at radius 1 is 1.13 bits per heavy atom. The number of carbonyl (C=O) groups is 1. The molecule has 0 aromatic rings. The summed E-state index contributed by atoms with van der Waals surface area (Å²) in [5.41, 5.74) is 2.58. The first-order chi connectivity index (χ1) is 14.3. The first-order valence-electron chi connectivity index (χ1n) is 13.3. The molecule has 0 radical (unpaired) electrons. The zero-order valence-corrected chi connectivity index (χ0v) is 20.4. The minimum atomic E-state index is 0.216. The summed E-state index contributed by atoms with van der Waals surface area (Å²) in [6.07, 6.45) is 16.6. The molecule has 4 rings (SSSR count). The molecule has 0 aromatic heterocycles. The van der Waals surface area contributed by atoms with E-state index in [4.69, 9.17) is 0 Å². The maximum Gasteiger partial charge on any atom is 0.223 e. The van der Waals surface area contributed by atoms with Gasteiger partial charge < -0.3 is 5.32 Å². The fourth-order valence-corrected chi connectivity index (χ4v) is 8.68. The highest BCUT2D eigenvalue weighted by molar-refractivity contribution is 5.79. The van der Waals surface area contributed by atoms with Gasteiger partial charge in [0.05, 0.1) is 0 Å². The minimum Gasteiger partial charge on any atom is -0.356 e. The SMILES string of the molecule is CCCCNC(=O)C1CCC2(C)C(=CCC3C2CCC2(C)C(C(C)CC)CCC32)C1. The van der Waals surface area contributed by atoms with Gasteiger partial charge in [-0.05, 0) is 98.2 Å². The highest BCUT2D eigenvalue weighted by Gasteiger charge is 2.59. The molecule has 0 bridgehead atoms. The van der Waals surface area contributed by atoms with Gasteiger partial charge in [0.25, 0.3) is 0 Å². The summed E-state index contributed by atoms with van der Waals surface area (Å²) >= 11 is 0. The Kier molecular flexibility index (Phi) is 6.44. The third kappa shape index (κ3) is 3.58. The van der Waals surface area contributed by atoms with E-state index >= 15 is 0 Å². The summed E-state index contributed by atoms with van der Waals surface area (Å²) in [4.78, 5) is 12.7. The predicted octanol–water partition coefficient (Wildman–Crippen LogP) is 7.14. The summed E-state index contributed by atoms with van der Waals surface area (Å²) < 4.78 is 0. The van der Waals surface area contributed by atoms with Crippen LogP contribution >= 0.6 is 0 Å². The van der Waals surface area contributed by atoms with Crippen LogP contribution in [0.3, 0.4) is 0 Å². The van der Waals surface area contributed by atoms with Crippen molar-refractivity contribution in [1.82, 2.24) is 5.32 Å². The van der Waals surface area contributed by atoms with Crippen LogP contribution in [-0.2, 0) is 4.79 Å². The molecule has 3 fully saturated rings. The molecule has 4 aliphatic rings. The molecule has 2 nitrogen and oxygen atoms in total. The van der Waals surface area contributed by atoms with Crippen molar-refractivity contribution in [2.75, 3.05) is 6.54 Å². The second-order valence-electron chi connectivity index (χ2n) is 12.0. The molecule has 3 saturated carbocycles. The van der Waals surface area contributed by atoms with Crippen LogP contribution in [0.2, 0.25) is 0 Å². The van der Waals surface area contributed by atoms with Crippen LogP contribution in [0.1, 0.15) is 105 Å². The molecule has 0 aromatic carbocycles. The van der Waals surface area contributed by atoms with E-state index in [1.54, 1.807) is 5.57 Å². The third-order valence-corrected chi connectivity index (χ3v) is 10.7. The topological polar surface area (TPSA) is 29.1 Å². The lowest BCUT2D eigenvalue weighted by molar-refractivity contribution is -0.126. The maximum absolute atomic E-state index is 12.7. The zero-order valence-electron chi connectivity index (χ0n) is 20.4. The van der Waals surface area contributed by atoms with Gasteiger partial charge in [-0.1, -0.05) is 59.1 Å². The predicted molar refractivity (Wildman–Crippen MR) is 126 cm³/mol. The number of allylic oxidation sites excluding steroid dienone is 2. The Balaban J connectivity index is 1.49. The fourth-order valence-electron chi connectivity index (χ4n) is 8.68. The molecule has 30 heavy (non-hydrogen) atoms. The van der Waals surface area contributed by atoms with Gasteiger partial charge in [-0.2, -0.15) is 0 Å². The fraction of sp³-hybridized carbons (Fsp3) is 0.893. The van der Waals surface area contributed by atoms with E-state index in [1.165, 1.54) is 44.9 Å². The van der Waals surface area contributed by atoms with Crippen molar-refractivity contribution in [2.45, 2.75) is 105 Å². The number of hydrogen-bond acceptors (Lipinski definition) is 1. The van der Waals surface area contributed by atoms with Crippen molar-refractivity contribution in [3.8, 4) is 0 Å². The van der Waals surface area contributed by atoms with Crippen molar-refractivity contribution in [3.63, 3.8) is 0 Å². The van der Waals surface area contributed by atoms with Crippen LogP contribution < -0.4 is 5.32 Å². The summed E-state index contributed by atoms with van der Waals surface area (Å²) in [7, 11) is 0. The lowest BCUT2D eigenvalue weighted by Crippen LogP contribution is -2.51. The van der Waals surface area contributed by atoms with Gasteiger partial charge in [0.15, 0.2) is 0 Å². The normalized spacial score (nSPS) is 43.8. The Bertz CT molecular complexity index is 668. The highest BCUT2D eigenvalue weighted by Crippen LogP contribution is 2.67. The molecule has 0 heterocycles. The van der Waals surface area contributed by atoms with Crippen LogP contribution in [-0.4, -0.2) is 12.5 Å². The van der Waals surface area contributed by atoms with Crippen LogP contribution in [0.4, 0.5) is 0 Å². The number of fused-ring (bicyclic) bond motifs is 5. The average Bonchev–Trinajstić information content (AvgIpc) is 3.10. The van der Waals surface area contributed by atoms with Crippen molar-refractivity contribution in [2.24, 2.45) is 46.3 Å².